The molecule has 1 heterocycles. The molecular weight excluding hydrogens is 383 g/mol. The van der Waals surface area contributed by atoms with Crippen molar-refractivity contribution in [3.8, 4) is 11.5 Å². The molecule has 27 heavy (non-hydrogen) atoms. The molecule has 4 rings (SSSR count). The molecule has 134 valence electrons. The summed E-state index contributed by atoms with van der Waals surface area (Å²) in [5.41, 5.74) is 4.50. The van der Waals surface area contributed by atoms with Gasteiger partial charge in [0.05, 0.1) is 10.6 Å². The molecule has 6 heteroatoms. The van der Waals surface area contributed by atoms with Crippen molar-refractivity contribution in [3.63, 3.8) is 0 Å². The number of hydrogen-bond acceptors (Lipinski definition) is 3. The molecule has 0 spiro atoms. The van der Waals surface area contributed by atoms with E-state index >= 15 is 0 Å². The van der Waals surface area contributed by atoms with Crippen molar-refractivity contribution in [2.75, 3.05) is 5.32 Å². The van der Waals surface area contributed by atoms with Gasteiger partial charge >= 0.3 is 0 Å². The van der Waals surface area contributed by atoms with Crippen molar-refractivity contribution in [1.29, 1.82) is 0 Å². The molecule has 0 saturated heterocycles. The lowest BCUT2D eigenvalue weighted by Crippen LogP contribution is -2.12. The Labute approximate surface area is 165 Å². The first-order valence-corrected chi connectivity index (χ1v) is 8.99. The molecule has 4 aromatic rings. The maximum Gasteiger partial charge on any atom is 0.257 e. The Morgan fingerprint density at radius 2 is 1.78 bits per heavy atom. The van der Waals surface area contributed by atoms with Crippen molar-refractivity contribution in [1.82, 2.24) is 4.98 Å². The van der Waals surface area contributed by atoms with E-state index in [2.05, 4.69) is 10.3 Å². The highest BCUT2D eigenvalue weighted by atomic mass is 35.5. The maximum atomic E-state index is 12.4. The molecular formula is C21H14Cl2N2O2. The minimum atomic E-state index is -0.304. The normalized spacial score (nSPS) is 10.9. The Morgan fingerprint density at radius 3 is 2.52 bits per heavy atom. The van der Waals surface area contributed by atoms with E-state index in [0.29, 0.717) is 27.2 Å². The molecule has 0 aliphatic rings. The van der Waals surface area contributed by atoms with Gasteiger partial charge in [0.1, 0.15) is 5.52 Å². The van der Waals surface area contributed by atoms with E-state index in [1.807, 2.05) is 37.3 Å². The van der Waals surface area contributed by atoms with Gasteiger partial charge in [-0.1, -0.05) is 29.3 Å². The third-order valence-electron chi connectivity index (χ3n) is 4.11. The number of carbonyl (C=O) groups is 1. The Bertz CT molecular complexity index is 1150. The number of aryl methyl sites for hydroxylation is 1. The number of amides is 1. The van der Waals surface area contributed by atoms with Gasteiger partial charge in [-0.3, -0.25) is 4.79 Å². The molecule has 0 aliphatic heterocycles. The summed E-state index contributed by atoms with van der Waals surface area (Å²) in [5, 5.41) is 3.60. The van der Waals surface area contributed by atoms with E-state index in [1.165, 1.54) is 6.07 Å². The Kier molecular flexibility index (Phi) is 4.60. The van der Waals surface area contributed by atoms with Gasteiger partial charge in [0.2, 0.25) is 5.89 Å². The van der Waals surface area contributed by atoms with Crippen LogP contribution in [0.15, 0.2) is 65.1 Å². The second-order valence-corrected chi connectivity index (χ2v) is 6.99. The maximum absolute atomic E-state index is 12.4. The highest BCUT2D eigenvalue weighted by Gasteiger charge is 2.12. The zero-order chi connectivity index (χ0) is 19.0. The minimum absolute atomic E-state index is 0.304. The smallest absolute Gasteiger partial charge is 0.257 e. The summed E-state index contributed by atoms with van der Waals surface area (Å²) in [5.74, 6) is 0.232. The molecule has 0 aliphatic carbocycles. The molecule has 1 amide bonds. The highest BCUT2D eigenvalue weighted by molar-refractivity contribution is 6.37. The van der Waals surface area contributed by atoms with Gasteiger partial charge in [-0.05, 0) is 67.1 Å². The lowest BCUT2D eigenvalue weighted by Gasteiger charge is -2.07. The molecule has 4 nitrogen and oxygen atoms in total. The largest absolute Gasteiger partial charge is 0.436 e. The van der Waals surface area contributed by atoms with E-state index in [9.17, 15) is 4.79 Å². The topological polar surface area (TPSA) is 55.1 Å². The first-order chi connectivity index (χ1) is 13.0. The summed E-state index contributed by atoms with van der Waals surface area (Å²) in [4.78, 5) is 16.9. The van der Waals surface area contributed by atoms with Crippen molar-refractivity contribution < 1.29 is 9.21 Å². The molecule has 0 bridgehead atoms. The molecule has 0 atom stereocenters. The number of nitrogens with zero attached hydrogens (tertiary/aromatic N) is 1. The highest BCUT2D eigenvalue weighted by Crippen LogP contribution is 2.27. The molecule has 3 aromatic carbocycles. The zero-order valence-corrected chi connectivity index (χ0v) is 15.8. The van der Waals surface area contributed by atoms with Crippen LogP contribution in [0.2, 0.25) is 10.0 Å². The first kappa shape index (κ1) is 17.6. The summed E-state index contributed by atoms with van der Waals surface area (Å²) >= 11 is 11.9. The Hall–Kier alpha value is -2.82. The standard InChI is InChI=1S/C21H14Cl2N2O2/c1-12-2-9-18-19(10-12)27-21(25-18)13-3-6-15(7-4-13)24-20(26)16-8-5-14(22)11-17(16)23/h2-11H,1H3,(H,24,26). The van der Waals surface area contributed by atoms with Crippen LogP contribution in [0.4, 0.5) is 5.69 Å². The first-order valence-electron chi connectivity index (χ1n) is 8.23. The summed E-state index contributed by atoms with van der Waals surface area (Å²) in [6.45, 7) is 2.01. The lowest BCUT2D eigenvalue weighted by atomic mass is 10.2. The Morgan fingerprint density at radius 1 is 1.00 bits per heavy atom. The van der Waals surface area contributed by atoms with Gasteiger partial charge in [-0.2, -0.15) is 0 Å². The van der Waals surface area contributed by atoms with Gasteiger partial charge in [-0.15, -0.1) is 0 Å². The number of halogens is 2. The van der Waals surface area contributed by atoms with Crippen molar-refractivity contribution in [3.05, 3.63) is 81.8 Å². The fraction of sp³-hybridized carbons (Fsp3) is 0.0476. The summed E-state index contributed by atoms with van der Waals surface area (Å²) in [7, 11) is 0. The van der Waals surface area contributed by atoms with Gasteiger partial charge in [-0.25, -0.2) is 4.98 Å². The van der Waals surface area contributed by atoms with Gasteiger partial charge in [0, 0.05) is 16.3 Å². The second-order valence-electron chi connectivity index (χ2n) is 6.15. The average Bonchev–Trinajstić information content (AvgIpc) is 3.05. The number of fused-ring (bicyclic) bond motifs is 1. The van der Waals surface area contributed by atoms with Gasteiger partial charge in [0.25, 0.3) is 5.91 Å². The van der Waals surface area contributed by atoms with Crippen LogP contribution < -0.4 is 5.32 Å². The average molecular weight is 397 g/mol. The molecule has 1 aromatic heterocycles. The van der Waals surface area contributed by atoms with E-state index in [1.54, 1.807) is 24.3 Å². The van der Waals surface area contributed by atoms with Crippen LogP contribution >= 0.6 is 23.2 Å². The quantitative estimate of drug-likeness (QED) is 0.438. The number of oxazole rings is 1. The summed E-state index contributed by atoms with van der Waals surface area (Å²) in [6.07, 6.45) is 0. The van der Waals surface area contributed by atoms with E-state index in [0.717, 1.165) is 22.2 Å². The van der Waals surface area contributed by atoms with E-state index < -0.39 is 0 Å². The monoisotopic (exact) mass is 396 g/mol. The number of benzene rings is 3. The summed E-state index contributed by atoms with van der Waals surface area (Å²) < 4.78 is 5.82. The number of rotatable bonds is 3. The van der Waals surface area contributed by atoms with Crippen LogP contribution in [0, 0.1) is 6.92 Å². The van der Waals surface area contributed by atoms with E-state index in [-0.39, 0.29) is 5.91 Å². The van der Waals surface area contributed by atoms with Crippen molar-refractivity contribution in [2.24, 2.45) is 0 Å². The fourth-order valence-corrected chi connectivity index (χ4v) is 3.22. The Balaban J connectivity index is 1.55. The van der Waals surface area contributed by atoms with Crippen molar-refractivity contribution in [2.45, 2.75) is 6.92 Å². The van der Waals surface area contributed by atoms with Gasteiger partial charge in [0.15, 0.2) is 5.58 Å². The number of aromatic nitrogens is 1. The van der Waals surface area contributed by atoms with Crippen LogP contribution in [0.25, 0.3) is 22.6 Å². The number of hydrogen-bond donors (Lipinski definition) is 1. The third kappa shape index (κ3) is 3.68. The van der Waals surface area contributed by atoms with Crippen LogP contribution in [0.1, 0.15) is 15.9 Å². The van der Waals surface area contributed by atoms with Gasteiger partial charge < -0.3 is 9.73 Å². The third-order valence-corrected chi connectivity index (χ3v) is 4.66. The predicted octanol–water partition coefficient (Wildman–Crippen LogP) is 6.36. The molecule has 1 N–H and O–H groups in total. The van der Waals surface area contributed by atoms with Crippen LogP contribution in [0.5, 0.6) is 0 Å². The number of carbonyl (C=O) groups excluding carboxylic acids is 1. The van der Waals surface area contributed by atoms with Crippen LogP contribution in [0.3, 0.4) is 0 Å². The summed E-state index contributed by atoms with van der Waals surface area (Å²) in [6, 6.07) is 17.9. The molecule has 0 saturated carbocycles. The zero-order valence-electron chi connectivity index (χ0n) is 14.3. The van der Waals surface area contributed by atoms with Crippen LogP contribution in [-0.4, -0.2) is 10.9 Å². The second kappa shape index (κ2) is 7.06. The van der Waals surface area contributed by atoms with E-state index in [4.69, 9.17) is 27.6 Å². The predicted molar refractivity (Wildman–Crippen MR) is 109 cm³/mol. The molecule has 0 unspecified atom stereocenters. The number of nitrogens with one attached hydrogen (secondary N) is 1. The van der Waals surface area contributed by atoms with Crippen LogP contribution in [-0.2, 0) is 0 Å². The van der Waals surface area contributed by atoms with Crippen molar-refractivity contribution >= 4 is 45.9 Å². The SMILES string of the molecule is Cc1ccc2nc(-c3ccc(NC(=O)c4ccc(Cl)cc4Cl)cc3)oc2c1. The molecule has 0 radical (unpaired) electrons. The number of anilines is 1. The fourth-order valence-electron chi connectivity index (χ4n) is 2.72. The minimum Gasteiger partial charge on any atom is -0.436 e. The lowest BCUT2D eigenvalue weighted by molar-refractivity contribution is 0.102. The molecule has 0 fully saturated rings.